The molecular weight excluding hydrogens is 462 g/mol. The van der Waals surface area contributed by atoms with Crippen LogP contribution in [0, 0.1) is 17.3 Å². The molecule has 0 aromatic rings. The summed E-state index contributed by atoms with van der Waals surface area (Å²) in [5.41, 5.74) is 0.580. The third kappa shape index (κ3) is 31.9. The summed E-state index contributed by atoms with van der Waals surface area (Å²) >= 11 is 0. The van der Waals surface area contributed by atoms with Crippen molar-refractivity contribution in [3.8, 4) is 0 Å². The smallest absolute Gasteiger partial charge is 0.248 e. The van der Waals surface area contributed by atoms with Gasteiger partial charge >= 0.3 is 0 Å². The first-order valence-electron chi connectivity index (χ1n) is 16.6. The van der Waals surface area contributed by atoms with Crippen LogP contribution in [0.25, 0.3) is 0 Å². The second-order valence-electron chi connectivity index (χ2n) is 10.8. The number of rotatable bonds is 1. The fraction of sp³-hybridized carbons (Fsp3) is 1.00. The van der Waals surface area contributed by atoms with Gasteiger partial charge in [0.1, 0.15) is 0 Å². The second-order valence-corrected chi connectivity index (χ2v) is 10.8. The quantitative estimate of drug-likeness (QED) is 0.318. The normalized spacial score (nSPS) is 18.3. The van der Waals surface area contributed by atoms with Gasteiger partial charge in [-0.05, 0) is 43.9 Å². The van der Waals surface area contributed by atoms with Crippen molar-refractivity contribution in [2.75, 3.05) is 0 Å². The highest BCUT2D eigenvalue weighted by molar-refractivity contribution is 4.78. The molecule has 0 saturated heterocycles. The lowest BCUT2D eigenvalue weighted by Crippen LogP contribution is -2.20. The van der Waals surface area contributed by atoms with E-state index in [4.69, 9.17) is 0 Å². The molecule has 3 heteroatoms. The van der Waals surface area contributed by atoms with Gasteiger partial charge < -0.3 is 5.48 Å². The number of halogens is 2. The summed E-state index contributed by atoms with van der Waals surface area (Å²) in [6.07, 6.45) is 24.3. The maximum atomic E-state index is 12.4. The Bertz CT molecular complexity index is 300. The lowest BCUT2D eigenvalue weighted by Gasteiger charge is -2.26. The van der Waals surface area contributed by atoms with Crippen molar-refractivity contribution in [3.05, 3.63) is 0 Å². The Labute approximate surface area is 236 Å². The van der Waals surface area contributed by atoms with Crippen LogP contribution in [0.15, 0.2) is 0 Å². The van der Waals surface area contributed by atoms with Crippen LogP contribution in [0.3, 0.4) is 0 Å². The van der Waals surface area contributed by atoms with E-state index in [9.17, 15) is 8.78 Å². The summed E-state index contributed by atoms with van der Waals surface area (Å²) in [4.78, 5) is 0. The van der Waals surface area contributed by atoms with Crippen LogP contribution >= 0.6 is 0 Å². The largest absolute Gasteiger partial charge is 0.412 e. The van der Waals surface area contributed by atoms with Gasteiger partial charge in [-0.1, -0.05) is 166 Å². The van der Waals surface area contributed by atoms with Crippen LogP contribution in [0.5, 0.6) is 0 Å². The fourth-order valence-electron chi connectivity index (χ4n) is 4.99. The molecule has 232 valence electrons. The predicted molar refractivity (Wildman–Crippen MR) is 169 cm³/mol. The molecule has 2 N–H and O–H groups in total. The molecule has 0 bridgehead atoms. The van der Waals surface area contributed by atoms with Gasteiger partial charge in [-0.25, -0.2) is 8.78 Å². The number of alkyl halides is 2. The van der Waals surface area contributed by atoms with E-state index >= 15 is 0 Å². The zero-order chi connectivity index (χ0) is 28.9. The first kappa shape index (κ1) is 46.7. The Kier molecular flexibility index (Phi) is 42.7. The van der Waals surface area contributed by atoms with Crippen molar-refractivity contribution in [2.45, 2.75) is 205 Å². The van der Waals surface area contributed by atoms with Crippen LogP contribution < -0.4 is 0 Å². The molecule has 4 aliphatic rings. The molecule has 0 aromatic heterocycles. The SMILES string of the molecule is C1CCCC1.C1CCCC1.CC.CC.CC.CC.CC(C)(C)C1CCCC1.CC(F)(F)C1CCCC1.O. The van der Waals surface area contributed by atoms with Crippen LogP contribution in [-0.4, -0.2) is 11.4 Å². The van der Waals surface area contributed by atoms with Gasteiger partial charge in [-0.2, -0.15) is 0 Å². The van der Waals surface area contributed by atoms with E-state index in [0.717, 1.165) is 38.5 Å². The van der Waals surface area contributed by atoms with E-state index in [1.54, 1.807) is 0 Å². The van der Waals surface area contributed by atoms with Crippen molar-refractivity contribution >= 4 is 0 Å². The van der Waals surface area contributed by atoms with E-state index in [-0.39, 0.29) is 11.4 Å². The third-order valence-electron chi connectivity index (χ3n) is 7.15. The van der Waals surface area contributed by atoms with Crippen LogP contribution in [0.4, 0.5) is 8.78 Å². The molecular formula is C34H76F2O. The maximum Gasteiger partial charge on any atom is 0.248 e. The molecule has 37 heavy (non-hydrogen) atoms. The van der Waals surface area contributed by atoms with Gasteiger partial charge in [0.2, 0.25) is 5.92 Å². The van der Waals surface area contributed by atoms with E-state index < -0.39 is 5.92 Å². The van der Waals surface area contributed by atoms with Crippen molar-refractivity contribution in [2.24, 2.45) is 17.3 Å². The first-order chi connectivity index (χ1) is 17.2. The molecule has 0 heterocycles. The molecule has 1 nitrogen and oxygen atoms in total. The third-order valence-corrected chi connectivity index (χ3v) is 7.15. The maximum absolute atomic E-state index is 12.4. The zero-order valence-electron chi connectivity index (χ0n) is 28.1. The summed E-state index contributed by atoms with van der Waals surface area (Å²) in [5.74, 6) is -1.73. The minimum Gasteiger partial charge on any atom is -0.412 e. The summed E-state index contributed by atoms with van der Waals surface area (Å²) < 4.78 is 24.9. The Morgan fingerprint density at radius 3 is 0.676 bits per heavy atom. The van der Waals surface area contributed by atoms with Crippen molar-refractivity contribution in [3.63, 3.8) is 0 Å². The molecule has 4 aliphatic carbocycles. The van der Waals surface area contributed by atoms with Crippen molar-refractivity contribution in [1.29, 1.82) is 0 Å². The van der Waals surface area contributed by atoms with Gasteiger partial charge in [0, 0.05) is 5.92 Å². The van der Waals surface area contributed by atoms with Crippen LogP contribution in [-0.2, 0) is 0 Å². The highest BCUT2D eigenvalue weighted by Crippen LogP contribution is 2.39. The minimum atomic E-state index is -2.42. The minimum absolute atomic E-state index is 0. The van der Waals surface area contributed by atoms with Gasteiger partial charge in [-0.3, -0.25) is 0 Å². The van der Waals surface area contributed by atoms with Crippen LogP contribution in [0.1, 0.15) is 199 Å². The fourth-order valence-corrected chi connectivity index (χ4v) is 4.99. The molecule has 0 amide bonds. The van der Waals surface area contributed by atoms with E-state index in [1.807, 2.05) is 55.4 Å². The molecule has 4 fully saturated rings. The van der Waals surface area contributed by atoms with Crippen molar-refractivity contribution in [1.82, 2.24) is 0 Å². The second kappa shape index (κ2) is 33.8. The average molecular weight is 539 g/mol. The van der Waals surface area contributed by atoms with Gasteiger partial charge in [0.05, 0.1) is 0 Å². The molecule has 0 radical (unpaired) electrons. The zero-order valence-corrected chi connectivity index (χ0v) is 28.1. The summed E-state index contributed by atoms with van der Waals surface area (Å²) in [6, 6.07) is 0. The predicted octanol–water partition coefficient (Wildman–Crippen LogP) is 13.2. The monoisotopic (exact) mass is 539 g/mol. The highest BCUT2D eigenvalue weighted by Gasteiger charge is 2.35. The molecule has 4 rings (SSSR count). The molecule has 0 atom stereocenters. The highest BCUT2D eigenvalue weighted by atomic mass is 19.3. The molecule has 0 spiro atoms. The first-order valence-corrected chi connectivity index (χ1v) is 16.6. The molecule has 4 saturated carbocycles. The van der Waals surface area contributed by atoms with E-state index in [1.165, 1.54) is 89.9 Å². The number of hydrogen-bond donors (Lipinski definition) is 0. The Hall–Kier alpha value is -0.180. The van der Waals surface area contributed by atoms with E-state index in [2.05, 4.69) is 20.8 Å². The Balaban J connectivity index is -0.000000114. The molecule has 0 aliphatic heterocycles. The lowest BCUT2D eigenvalue weighted by atomic mass is 9.80. The lowest BCUT2D eigenvalue weighted by molar-refractivity contribution is -0.0366. The van der Waals surface area contributed by atoms with E-state index in [0.29, 0.717) is 5.41 Å². The van der Waals surface area contributed by atoms with Gasteiger partial charge in [-0.15, -0.1) is 0 Å². The Morgan fingerprint density at radius 1 is 0.378 bits per heavy atom. The van der Waals surface area contributed by atoms with Gasteiger partial charge in [0.25, 0.3) is 0 Å². The topological polar surface area (TPSA) is 31.5 Å². The summed E-state index contributed by atoms with van der Waals surface area (Å²) in [7, 11) is 0. The Morgan fingerprint density at radius 2 is 0.568 bits per heavy atom. The molecule has 0 aromatic carbocycles. The van der Waals surface area contributed by atoms with Crippen LogP contribution in [0.2, 0.25) is 0 Å². The number of hydrogen-bond acceptors (Lipinski definition) is 0. The molecule has 0 unspecified atom stereocenters. The average Bonchev–Trinajstić information content (AvgIpc) is 3.73. The summed E-state index contributed by atoms with van der Waals surface area (Å²) in [5, 5.41) is 0. The van der Waals surface area contributed by atoms with Gasteiger partial charge in [0.15, 0.2) is 0 Å². The summed E-state index contributed by atoms with van der Waals surface area (Å²) in [6.45, 7) is 24.1. The standard InChI is InChI=1S/C9H18.C7H12F2.2C5H10.4C2H6.H2O/c1-9(2,3)8-6-4-5-7-8;1-7(8,9)6-4-2-3-5-6;2*1-2-4-5-3-1;4*1-2;/h8H,4-7H2,1-3H3;6H,2-5H2,1H3;2*1-5H2;4*1-2H3;1H2. The van der Waals surface area contributed by atoms with Crippen molar-refractivity contribution < 1.29 is 14.3 Å².